The van der Waals surface area contributed by atoms with E-state index in [0.717, 1.165) is 6.92 Å². The Bertz CT molecular complexity index is 483. The van der Waals surface area contributed by atoms with Gasteiger partial charge in [0.05, 0.1) is 27.1 Å². The molecule has 0 aromatic heterocycles. The minimum Gasteiger partial charge on any atom is -0.481 e. The summed E-state index contributed by atoms with van der Waals surface area (Å²) in [5.41, 5.74) is 0. The lowest BCUT2D eigenvalue weighted by atomic mass is 9.91. The fourth-order valence-corrected chi connectivity index (χ4v) is 1.96. The van der Waals surface area contributed by atoms with Gasteiger partial charge in [0.1, 0.15) is 19.1 Å². The van der Waals surface area contributed by atoms with Crippen LogP contribution >= 0.6 is 0 Å². The number of carbonyl (C=O) groups is 2. The molecule has 0 bridgehead atoms. The molecular weight excluding hydrogens is 367 g/mol. The SMILES string of the molecule is CC(CNC(=O)OCC[N+](C)(C)CCC(=O)O)C(F)(F)C(C)C(F)(F)F. The van der Waals surface area contributed by atoms with E-state index < -0.39 is 42.5 Å². The third kappa shape index (κ3) is 8.63. The number of carboxylic acids is 1. The summed E-state index contributed by atoms with van der Waals surface area (Å²) in [6.45, 7) is 1.13. The van der Waals surface area contributed by atoms with Crippen molar-refractivity contribution in [3.8, 4) is 0 Å². The normalized spacial score (nSPS) is 15.3. The Kier molecular flexibility index (Phi) is 8.74. The first-order valence-electron chi connectivity index (χ1n) is 7.98. The standard InChI is InChI=1S/C15H25F5N2O4/c1-10(14(16,17)11(2)15(18,19)20)9-21-13(25)26-8-7-22(3,4)6-5-12(23)24/h10-11H,5-9H2,1-4H3,(H-,21,23,24,25)/p+1. The average molecular weight is 393 g/mol. The predicted octanol–water partition coefficient (Wildman–Crippen LogP) is 2.73. The van der Waals surface area contributed by atoms with Crippen LogP contribution in [0.1, 0.15) is 20.3 Å². The van der Waals surface area contributed by atoms with Crippen molar-refractivity contribution >= 4 is 12.1 Å². The number of nitrogens with one attached hydrogen (secondary N) is 1. The molecule has 11 heteroatoms. The van der Waals surface area contributed by atoms with Crippen LogP contribution < -0.4 is 5.32 Å². The Balaban J connectivity index is 4.32. The van der Waals surface area contributed by atoms with Crippen molar-refractivity contribution in [1.82, 2.24) is 5.32 Å². The molecule has 0 aromatic carbocycles. The number of rotatable bonds is 10. The van der Waals surface area contributed by atoms with Gasteiger partial charge in [-0.25, -0.2) is 13.6 Å². The second kappa shape index (κ2) is 9.33. The molecule has 26 heavy (non-hydrogen) atoms. The van der Waals surface area contributed by atoms with Crippen molar-refractivity contribution < 1.29 is 45.9 Å². The summed E-state index contributed by atoms with van der Waals surface area (Å²) in [6, 6.07) is 0. The largest absolute Gasteiger partial charge is 0.481 e. The van der Waals surface area contributed by atoms with Crippen LogP contribution in [0.2, 0.25) is 0 Å². The van der Waals surface area contributed by atoms with Crippen molar-refractivity contribution in [2.75, 3.05) is 40.3 Å². The lowest BCUT2D eigenvalue weighted by molar-refractivity contribution is -0.889. The lowest BCUT2D eigenvalue weighted by Gasteiger charge is -2.31. The number of alkyl halides is 5. The van der Waals surface area contributed by atoms with Gasteiger partial charge in [-0.1, -0.05) is 6.92 Å². The number of likely N-dealkylation sites (N-methyl/N-ethyl adjacent to an activating group) is 1. The highest BCUT2D eigenvalue weighted by molar-refractivity contribution is 5.67. The number of carboxylic acid groups (broad SMARTS) is 1. The first kappa shape index (κ1) is 24.4. The van der Waals surface area contributed by atoms with Gasteiger partial charge in [-0.3, -0.25) is 4.79 Å². The Morgan fingerprint density at radius 3 is 2.12 bits per heavy atom. The van der Waals surface area contributed by atoms with Gasteiger partial charge >= 0.3 is 18.2 Å². The first-order valence-corrected chi connectivity index (χ1v) is 7.98. The van der Waals surface area contributed by atoms with Gasteiger partial charge in [0.25, 0.3) is 5.92 Å². The van der Waals surface area contributed by atoms with E-state index in [1.165, 1.54) is 0 Å². The summed E-state index contributed by atoms with van der Waals surface area (Å²) in [5.74, 6) is -9.58. The number of hydrogen-bond donors (Lipinski definition) is 2. The van der Waals surface area contributed by atoms with Gasteiger partial charge in [0.2, 0.25) is 0 Å². The number of aliphatic carboxylic acids is 1. The van der Waals surface area contributed by atoms with Gasteiger partial charge in [-0.15, -0.1) is 0 Å². The molecule has 0 aliphatic rings. The smallest absolute Gasteiger partial charge is 0.407 e. The van der Waals surface area contributed by atoms with Gasteiger partial charge in [-0.05, 0) is 6.92 Å². The highest BCUT2D eigenvalue weighted by atomic mass is 19.4. The molecule has 0 rings (SSSR count). The molecule has 2 unspecified atom stereocenters. The fourth-order valence-electron chi connectivity index (χ4n) is 1.96. The molecule has 6 nitrogen and oxygen atoms in total. The van der Waals surface area contributed by atoms with Crippen LogP contribution in [0.3, 0.4) is 0 Å². The monoisotopic (exact) mass is 393 g/mol. The molecule has 0 aromatic rings. The summed E-state index contributed by atoms with van der Waals surface area (Å²) in [6.07, 6.45) is -6.13. The maximum Gasteiger partial charge on any atom is 0.407 e. The average Bonchev–Trinajstić information content (AvgIpc) is 2.48. The molecule has 0 aliphatic carbocycles. The van der Waals surface area contributed by atoms with Crippen LogP contribution in [0.4, 0.5) is 26.7 Å². The zero-order chi connectivity index (χ0) is 20.8. The second-order valence-electron chi connectivity index (χ2n) is 6.88. The van der Waals surface area contributed by atoms with Crippen molar-refractivity contribution in [3.63, 3.8) is 0 Å². The molecular formula is C15H26F5N2O4+. The number of ether oxygens (including phenoxy) is 1. The molecule has 2 atom stereocenters. The minimum absolute atomic E-state index is 0.0663. The Hall–Kier alpha value is -1.65. The maximum atomic E-state index is 13.8. The summed E-state index contributed by atoms with van der Waals surface area (Å²) in [7, 11) is 3.46. The first-order chi connectivity index (χ1) is 11.6. The maximum absolute atomic E-state index is 13.8. The molecule has 0 saturated carbocycles. The van der Waals surface area contributed by atoms with Crippen LogP contribution in [0, 0.1) is 11.8 Å². The predicted molar refractivity (Wildman–Crippen MR) is 82.8 cm³/mol. The quantitative estimate of drug-likeness (QED) is 0.442. The van der Waals surface area contributed by atoms with Crippen LogP contribution in [0.15, 0.2) is 0 Å². The zero-order valence-corrected chi connectivity index (χ0v) is 15.2. The van der Waals surface area contributed by atoms with Crippen LogP contribution in [0.25, 0.3) is 0 Å². The molecule has 0 aliphatic heterocycles. The van der Waals surface area contributed by atoms with Crippen LogP contribution in [-0.2, 0) is 9.53 Å². The number of carbonyl (C=O) groups excluding carboxylic acids is 1. The molecule has 0 spiro atoms. The van der Waals surface area contributed by atoms with Crippen LogP contribution in [0.5, 0.6) is 0 Å². The summed E-state index contributed by atoms with van der Waals surface area (Å²) in [4.78, 5) is 22.0. The van der Waals surface area contributed by atoms with E-state index in [9.17, 15) is 31.5 Å². The van der Waals surface area contributed by atoms with E-state index in [0.29, 0.717) is 13.5 Å². The van der Waals surface area contributed by atoms with E-state index in [-0.39, 0.29) is 24.1 Å². The van der Waals surface area contributed by atoms with Gasteiger partial charge < -0.3 is 19.6 Å². The zero-order valence-electron chi connectivity index (χ0n) is 15.2. The van der Waals surface area contributed by atoms with E-state index in [2.05, 4.69) is 0 Å². The second-order valence-corrected chi connectivity index (χ2v) is 6.88. The summed E-state index contributed by atoms with van der Waals surface area (Å²) in [5, 5.41) is 10.7. The summed E-state index contributed by atoms with van der Waals surface area (Å²) >= 11 is 0. The van der Waals surface area contributed by atoms with E-state index in [4.69, 9.17) is 9.84 Å². The Labute approximate surface area is 148 Å². The van der Waals surface area contributed by atoms with Gasteiger partial charge in [0, 0.05) is 12.5 Å². The van der Waals surface area contributed by atoms with Gasteiger partial charge in [0.15, 0.2) is 0 Å². The van der Waals surface area contributed by atoms with Crippen LogP contribution in [-0.4, -0.2) is 74.1 Å². The van der Waals surface area contributed by atoms with Crippen molar-refractivity contribution in [2.45, 2.75) is 32.4 Å². The van der Waals surface area contributed by atoms with Crippen molar-refractivity contribution in [2.24, 2.45) is 11.8 Å². The Morgan fingerprint density at radius 1 is 1.12 bits per heavy atom. The van der Waals surface area contributed by atoms with E-state index in [1.54, 1.807) is 14.1 Å². The van der Waals surface area contributed by atoms with Gasteiger partial charge in [-0.2, -0.15) is 13.2 Å². The molecule has 154 valence electrons. The highest BCUT2D eigenvalue weighted by Gasteiger charge is 2.55. The molecule has 0 saturated heterocycles. The van der Waals surface area contributed by atoms with E-state index in [1.807, 2.05) is 5.32 Å². The third-order valence-electron chi connectivity index (χ3n) is 4.14. The lowest BCUT2D eigenvalue weighted by Crippen LogP contribution is -2.47. The molecule has 0 radical (unpaired) electrons. The van der Waals surface area contributed by atoms with Crippen molar-refractivity contribution in [3.05, 3.63) is 0 Å². The third-order valence-corrected chi connectivity index (χ3v) is 4.14. The number of nitrogens with zero attached hydrogens (tertiary/aromatic N) is 1. The molecule has 0 fully saturated rings. The van der Waals surface area contributed by atoms with E-state index >= 15 is 0 Å². The number of halogens is 5. The molecule has 2 N–H and O–H groups in total. The molecule has 1 amide bonds. The highest BCUT2D eigenvalue weighted by Crippen LogP contribution is 2.41. The minimum atomic E-state index is -5.04. The number of alkyl carbamates (subject to hydrolysis) is 1. The summed E-state index contributed by atoms with van der Waals surface area (Å²) < 4.78 is 70.0. The number of quaternary nitrogens is 1. The fraction of sp³-hybridized carbons (Fsp3) is 0.867. The number of amides is 1. The Morgan fingerprint density at radius 2 is 1.65 bits per heavy atom. The van der Waals surface area contributed by atoms with Crippen molar-refractivity contribution in [1.29, 1.82) is 0 Å². The topological polar surface area (TPSA) is 75.6 Å². The molecule has 0 heterocycles. The number of hydrogen-bond acceptors (Lipinski definition) is 3.